The molecule has 16 heteroatoms. The molecule has 0 heterocycles. The molecule has 0 bridgehead atoms. The molecule has 0 spiro atoms. The molecule has 0 fully saturated rings. The molecule has 43 heavy (non-hydrogen) atoms. The van der Waals surface area contributed by atoms with E-state index in [4.69, 9.17) is 4.74 Å². The van der Waals surface area contributed by atoms with Gasteiger partial charge in [0, 0.05) is 24.1 Å². The predicted octanol–water partition coefficient (Wildman–Crippen LogP) is 4.63. The van der Waals surface area contributed by atoms with Gasteiger partial charge in [0.25, 0.3) is 5.91 Å². The smallest absolute Gasteiger partial charge is 0.456 e. The highest BCUT2D eigenvalue weighted by Crippen LogP contribution is 2.37. The van der Waals surface area contributed by atoms with Crippen molar-refractivity contribution in [1.82, 2.24) is 5.32 Å². The Morgan fingerprint density at radius 1 is 0.837 bits per heavy atom. The van der Waals surface area contributed by atoms with Crippen molar-refractivity contribution < 1.29 is 60.9 Å². The first-order chi connectivity index (χ1) is 20.1. The number of carbonyl (C=O) groups is 3. The lowest BCUT2D eigenvalue weighted by atomic mass is 9.90. The van der Waals surface area contributed by atoms with Crippen LogP contribution in [0.15, 0.2) is 72.8 Å². The van der Waals surface area contributed by atoms with Crippen LogP contribution >= 0.6 is 0 Å². The fourth-order valence-electron chi connectivity index (χ4n) is 3.58. The summed E-state index contributed by atoms with van der Waals surface area (Å²) in [5, 5.41) is 32.7. The number of carbonyl (C=O) groups excluding carboxylic acids is 1. The topological polar surface area (TPSA) is 165 Å². The molecule has 0 aromatic heterocycles. The quantitative estimate of drug-likeness (QED) is 0.108. The summed E-state index contributed by atoms with van der Waals surface area (Å²) < 4.78 is 74.1. The first-order valence-corrected chi connectivity index (χ1v) is 12.0. The molecule has 0 radical (unpaired) electrons. The zero-order chi connectivity index (χ0) is 32.0. The molecule has 0 aliphatic carbocycles. The van der Waals surface area contributed by atoms with Gasteiger partial charge in [-0.3, -0.25) is 14.9 Å². The lowest BCUT2D eigenvalue weighted by Crippen LogP contribution is -2.61. The summed E-state index contributed by atoms with van der Waals surface area (Å²) in [7, 11) is 0. The summed E-state index contributed by atoms with van der Waals surface area (Å²) in [5.74, 6) is -11.7. The van der Waals surface area contributed by atoms with E-state index >= 15 is 0 Å². The van der Waals surface area contributed by atoms with Crippen LogP contribution in [0.3, 0.4) is 0 Å². The highest BCUT2D eigenvalue weighted by Gasteiger charge is 2.58. The second-order valence-corrected chi connectivity index (χ2v) is 9.00. The number of hydrogen-bond acceptors (Lipinski definition) is 7. The molecule has 3 aromatic carbocycles. The Hall–Kier alpha value is -5.28. The number of hydrogen-bond donors (Lipinski definition) is 3. The number of nitro benzene ring substituents is 1. The molecule has 1 amide bonds. The zero-order valence-corrected chi connectivity index (χ0v) is 21.6. The number of carboxylic acids is 2. The van der Waals surface area contributed by atoms with Gasteiger partial charge in [-0.05, 0) is 29.3 Å². The molecule has 3 rings (SSSR count). The van der Waals surface area contributed by atoms with Crippen molar-refractivity contribution in [1.29, 1.82) is 0 Å². The van der Waals surface area contributed by atoms with Gasteiger partial charge < -0.3 is 25.0 Å². The largest absolute Gasteiger partial charge is 0.489 e. The van der Waals surface area contributed by atoms with Crippen LogP contribution in [0.1, 0.15) is 21.5 Å². The molecular formula is C27H21F5N2O9. The number of aliphatic carboxylic acids is 2. The maximum atomic E-state index is 13.3. The molecule has 0 aliphatic heterocycles. The van der Waals surface area contributed by atoms with E-state index in [9.17, 15) is 56.7 Å². The van der Waals surface area contributed by atoms with E-state index in [0.29, 0.717) is 23.9 Å². The van der Waals surface area contributed by atoms with Gasteiger partial charge in [0.15, 0.2) is 12.4 Å². The van der Waals surface area contributed by atoms with Gasteiger partial charge in [-0.15, -0.1) is 0 Å². The third kappa shape index (κ3) is 7.72. The average molecular weight is 612 g/mol. The van der Waals surface area contributed by atoms with Crippen molar-refractivity contribution in [2.45, 2.75) is 30.7 Å². The van der Waals surface area contributed by atoms with Crippen molar-refractivity contribution in [3.63, 3.8) is 0 Å². The van der Waals surface area contributed by atoms with E-state index < -0.39 is 70.4 Å². The molecule has 228 valence electrons. The SMILES string of the molecule is O=C(NC(Cc1ccc(OCc2ccccc2)cc1)(C(=O)O)C(=O)O)c1ccc([N+](=O)[O-])c(OCC(F)(F)C(F)(F)F)c1. The molecule has 0 saturated carbocycles. The van der Waals surface area contributed by atoms with Crippen LogP contribution in [0.4, 0.5) is 27.6 Å². The van der Waals surface area contributed by atoms with Crippen molar-refractivity contribution >= 4 is 23.5 Å². The monoisotopic (exact) mass is 612 g/mol. The maximum absolute atomic E-state index is 13.3. The lowest BCUT2D eigenvalue weighted by Gasteiger charge is -2.26. The van der Waals surface area contributed by atoms with Crippen molar-refractivity contribution in [3.05, 3.63) is 99.6 Å². The van der Waals surface area contributed by atoms with Crippen LogP contribution in [0.5, 0.6) is 11.5 Å². The number of rotatable bonds is 13. The van der Waals surface area contributed by atoms with Crippen LogP contribution in [0, 0.1) is 10.1 Å². The summed E-state index contributed by atoms with van der Waals surface area (Å²) in [5.41, 5.74) is -3.84. The van der Waals surface area contributed by atoms with Crippen molar-refractivity contribution in [2.75, 3.05) is 6.61 Å². The molecule has 3 N–H and O–H groups in total. The average Bonchev–Trinajstić information content (AvgIpc) is 2.94. The number of amides is 1. The van der Waals surface area contributed by atoms with Gasteiger partial charge >= 0.3 is 29.7 Å². The summed E-state index contributed by atoms with van der Waals surface area (Å²) in [6.07, 6.45) is -6.86. The maximum Gasteiger partial charge on any atom is 0.456 e. The third-order valence-electron chi connectivity index (χ3n) is 5.94. The summed E-state index contributed by atoms with van der Waals surface area (Å²) in [6, 6.07) is 16.3. The number of benzene rings is 3. The Labute approximate surface area is 238 Å². The molecular weight excluding hydrogens is 591 g/mol. The van der Waals surface area contributed by atoms with Gasteiger partial charge in [-0.2, -0.15) is 22.0 Å². The Morgan fingerprint density at radius 3 is 1.98 bits per heavy atom. The van der Waals surface area contributed by atoms with Gasteiger partial charge in [0.1, 0.15) is 12.4 Å². The molecule has 0 saturated heterocycles. The van der Waals surface area contributed by atoms with E-state index in [1.54, 1.807) is 5.32 Å². The minimum Gasteiger partial charge on any atom is -0.489 e. The second-order valence-electron chi connectivity index (χ2n) is 9.00. The summed E-state index contributed by atoms with van der Waals surface area (Å²) >= 11 is 0. The van der Waals surface area contributed by atoms with Crippen LogP contribution in [-0.4, -0.2) is 57.2 Å². The predicted molar refractivity (Wildman–Crippen MR) is 136 cm³/mol. The molecule has 3 aromatic rings. The molecule has 0 atom stereocenters. The highest BCUT2D eigenvalue weighted by molar-refractivity contribution is 6.09. The van der Waals surface area contributed by atoms with Gasteiger partial charge in [0.05, 0.1) is 4.92 Å². The first kappa shape index (κ1) is 32.2. The Kier molecular flexibility index (Phi) is 9.53. The summed E-state index contributed by atoms with van der Waals surface area (Å²) in [6.45, 7) is -2.17. The fraction of sp³-hybridized carbons (Fsp3) is 0.222. The zero-order valence-electron chi connectivity index (χ0n) is 21.6. The second kappa shape index (κ2) is 12.7. The standard InChI is InChI=1S/C27H21F5N2O9/c28-26(29,27(30,31)32)15-43-21-12-18(8-11-20(21)34(40)41)22(35)33-25(23(36)37,24(38)39)13-16-6-9-19(10-7-16)42-14-17-4-2-1-3-5-17/h1-12H,13-15H2,(H,33,35)(H,36,37)(H,38,39). The minimum atomic E-state index is -6.05. The minimum absolute atomic E-state index is 0.124. The number of alkyl halides is 5. The highest BCUT2D eigenvalue weighted by atomic mass is 19.4. The Morgan fingerprint density at radius 2 is 1.44 bits per heavy atom. The normalized spacial score (nSPS) is 11.8. The third-order valence-corrected chi connectivity index (χ3v) is 5.94. The van der Waals surface area contributed by atoms with E-state index in [2.05, 4.69) is 4.74 Å². The lowest BCUT2D eigenvalue weighted by molar-refractivity contribution is -0.386. The van der Waals surface area contributed by atoms with E-state index in [1.807, 2.05) is 30.3 Å². The Bertz CT molecular complexity index is 1480. The number of nitrogens with one attached hydrogen (secondary N) is 1. The summed E-state index contributed by atoms with van der Waals surface area (Å²) in [4.78, 5) is 47.3. The number of halogens is 5. The molecule has 0 unspecified atom stereocenters. The molecule has 0 aliphatic rings. The van der Waals surface area contributed by atoms with Gasteiger partial charge in [0.2, 0.25) is 5.54 Å². The van der Waals surface area contributed by atoms with E-state index in [-0.39, 0.29) is 12.2 Å². The number of nitrogens with zero attached hydrogens (tertiary/aromatic N) is 1. The number of carboxylic acid groups (broad SMARTS) is 2. The van der Waals surface area contributed by atoms with Crippen LogP contribution in [-0.2, 0) is 22.6 Å². The fourth-order valence-corrected chi connectivity index (χ4v) is 3.58. The van der Waals surface area contributed by atoms with Crippen molar-refractivity contribution in [3.8, 4) is 11.5 Å². The Balaban J connectivity index is 1.84. The van der Waals surface area contributed by atoms with Crippen LogP contribution < -0.4 is 14.8 Å². The van der Waals surface area contributed by atoms with Gasteiger partial charge in [-0.25, -0.2) is 9.59 Å². The van der Waals surface area contributed by atoms with Gasteiger partial charge in [-0.1, -0.05) is 42.5 Å². The van der Waals surface area contributed by atoms with E-state index in [1.165, 1.54) is 24.3 Å². The van der Waals surface area contributed by atoms with Crippen LogP contribution in [0.25, 0.3) is 0 Å². The molecule has 11 nitrogen and oxygen atoms in total. The number of ether oxygens (including phenoxy) is 2. The first-order valence-electron chi connectivity index (χ1n) is 12.0. The van der Waals surface area contributed by atoms with Crippen LogP contribution in [0.2, 0.25) is 0 Å². The van der Waals surface area contributed by atoms with E-state index in [0.717, 1.165) is 5.56 Å². The number of nitro groups is 1. The van der Waals surface area contributed by atoms with Crippen molar-refractivity contribution in [2.24, 2.45) is 0 Å².